The van der Waals surface area contributed by atoms with Gasteiger partial charge in [0.1, 0.15) is 0 Å². The lowest BCUT2D eigenvalue weighted by molar-refractivity contribution is -0.164. The van der Waals surface area contributed by atoms with Crippen LogP contribution in [0.3, 0.4) is 0 Å². The summed E-state index contributed by atoms with van der Waals surface area (Å²) in [5.41, 5.74) is 0. The standard InChI is InChI=1S/C37H72O4/c1-3-5-7-9-11-13-15-17-19-20-21-23-25-27-29-31-33-35(37(39)40)41-36(38)34-32-30-28-26-24-22-18-16-14-12-10-8-6-4-2/h35H,3-34H2,1-2H3,(H,39,40). The van der Waals surface area contributed by atoms with Gasteiger partial charge in [0.05, 0.1) is 0 Å². The summed E-state index contributed by atoms with van der Waals surface area (Å²) in [6, 6.07) is 0. The highest BCUT2D eigenvalue weighted by Gasteiger charge is 2.21. The maximum absolute atomic E-state index is 12.2. The first-order valence-corrected chi connectivity index (χ1v) is 18.5. The smallest absolute Gasteiger partial charge is 0.345 e. The van der Waals surface area contributed by atoms with Crippen molar-refractivity contribution in [1.82, 2.24) is 0 Å². The van der Waals surface area contributed by atoms with E-state index in [0.29, 0.717) is 12.8 Å². The van der Waals surface area contributed by atoms with E-state index in [0.717, 1.165) is 38.5 Å². The second-order valence-electron chi connectivity index (χ2n) is 12.8. The molecule has 0 fully saturated rings. The first-order valence-electron chi connectivity index (χ1n) is 18.5. The highest BCUT2D eigenvalue weighted by atomic mass is 16.6. The molecule has 41 heavy (non-hydrogen) atoms. The van der Waals surface area contributed by atoms with Crippen LogP contribution in [0.4, 0.5) is 0 Å². The molecule has 0 aromatic heterocycles. The molecule has 0 aliphatic carbocycles. The SMILES string of the molecule is CCCCCCCCCCCCCCCCCCC(OC(=O)CCCCCCCCCCCCCCCC)C(=O)O. The number of aliphatic carboxylic acids is 1. The van der Waals surface area contributed by atoms with Crippen LogP contribution in [-0.4, -0.2) is 23.1 Å². The van der Waals surface area contributed by atoms with Crippen molar-refractivity contribution in [2.75, 3.05) is 0 Å². The fraction of sp³-hybridized carbons (Fsp3) is 0.946. The Bertz CT molecular complexity index is 547. The minimum absolute atomic E-state index is 0.340. The minimum Gasteiger partial charge on any atom is -0.479 e. The molecule has 0 rings (SSSR count). The first kappa shape index (κ1) is 39.9. The molecule has 0 saturated heterocycles. The summed E-state index contributed by atoms with van der Waals surface area (Å²) < 4.78 is 5.31. The maximum atomic E-state index is 12.2. The number of hydrogen-bond donors (Lipinski definition) is 1. The van der Waals surface area contributed by atoms with Crippen LogP contribution < -0.4 is 0 Å². The molecule has 0 spiro atoms. The van der Waals surface area contributed by atoms with E-state index < -0.39 is 12.1 Å². The van der Waals surface area contributed by atoms with Crippen LogP contribution in [0.15, 0.2) is 0 Å². The molecule has 244 valence electrons. The van der Waals surface area contributed by atoms with Gasteiger partial charge in [-0.1, -0.05) is 194 Å². The summed E-state index contributed by atoms with van der Waals surface area (Å²) in [6.45, 7) is 4.54. The van der Waals surface area contributed by atoms with Crippen LogP contribution in [0, 0.1) is 0 Å². The van der Waals surface area contributed by atoms with Crippen LogP contribution in [0.2, 0.25) is 0 Å². The zero-order chi connectivity index (χ0) is 30.1. The lowest BCUT2D eigenvalue weighted by atomic mass is 10.0. The van der Waals surface area contributed by atoms with Crippen LogP contribution >= 0.6 is 0 Å². The van der Waals surface area contributed by atoms with Gasteiger partial charge in [0.15, 0.2) is 6.10 Å². The van der Waals surface area contributed by atoms with Gasteiger partial charge in [-0.3, -0.25) is 4.79 Å². The molecule has 0 saturated carbocycles. The van der Waals surface area contributed by atoms with E-state index >= 15 is 0 Å². The molecule has 0 aromatic rings. The molecule has 0 aliphatic heterocycles. The molecule has 0 aromatic carbocycles. The van der Waals surface area contributed by atoms with E-state index in [1.807, 2.05) is 0 Å². The third-order valence-electron chi connectivity index (χ3n) is 8.60. The van der Waals surface area contributed by atoms with Crippen molar-refractivity contribution in [1.29, 1.82) is 0 Å². The summed E-state index contributed by atoms with van der Waals surface area (Å²) in [4.78, 5) is 23.7. The highest BCUT2D eigenvalue weighted by Crippen LogP contribution is 2.16. The molecule has 1 N–H and O–H groups in total. The molecule has 0 aliphatic rings. The molecule has 4 nitrogen and oxygen atoms in total. The van der Waals surface area contributed by atoms with Gasteiger partial charge in [0, 0.05) is 6.42 Å². The Morgan fingerprint density at radius 1 is 0.439 bits per heavy atom. The summed E-state index contributed by atoms with van der Waals surface area (Å²) in [6.07, 6.45) is 38.5. The number of carboxylic acid groups (broad SMARTS) is 1. The second-order valence-corrected chi connectivity index (χ2v) is 12.8. The van der Waals surface area contributed by atoms with E-state index in [1.165, 1.54) is 154 Å². The van der Waals surface area contributed by atoms with E-state index in [-0.39, 0.29) is 5.97 Å². The van der Waals surface area contributed by atoms with Crippen molar-refractivity contribution in [2.24, 2.45) is 0 Å². The fourth-order valence-corrected chi connectivity index (χ4v) is 5.79. The number of carboxylic acids is 1. The number of unbranched alkanes of at least 4 members (excludes halogenated alkanes) is 28. The Labute approximate surface area is 256 Å². The lowest BCUT2D eigenvalue weighted by Gasteiger charge is -2.13. The quantitative estimate of drug-likeness (QED) is 0.0607. The number of carbonyl (C=O) groups excluding carboxylic acids is 1. The van der Waals surface area contributed by atoms with Crippen LogP contribution in [0.1, 0.15) is 219 Å². The third-order valence-corrected chi connectivity index (χ3v) is 8.60. The number of ether oxygens (including phenoxy) is 1. The Kier molecular flexibility index (Phi) is 32.6. The molecular formula is C37H72O4. The fourth-order valence-electron chi connectivity index (χ4n) is 5.79. The molecular weight excluding hydrogens is 508 g/mol. The van der Waals surface area contributed by atoms with E-state index in [4.69, 9.17) is 4.74 Å². The zero-order valence-electron chi connectivity index (χ0n) is 27.9. The predicted octanol–water partition coefficient (Wildman–Crippen LogP) is 12.5. The first-order chi connectivity index (χ1) is 20.1. The van der Waals surface area contributed by atoms with E-state index in [1.54, 1.807) is 0 Å². The van der Waals surface area contributed by atoms with Crippen LogP contribution in [0.25, 0.3) is 0 Å². The second kappa shape index (κ2) is 33.4. The summed E-state index contributed by atoms with van der Waals surface area (Å²) in [7, 11) is 0. The average Bonchev–Trinajstić information content (AvgIpc) is 2.96. The van der Waals surface area contributed by atoms with Crippen molar-refractivity contribution in [3.8, 4) is 0 Å². The van der Waals surface area contributed by atoms with Crippen molar-refractivity contribution in [2.45, 2.75) is 225 Å². The van der Waals surface area contributed by atoms with Gasteiger partial charge in [-0.05, 0) is 19.3 Å². The number of rotatable bonds is 34. The van der Waals surface area contributed by atoms with Gasteiger partial charge >= 0.3 is 11.9 Å². The van der Waals surface area contributed by atoms with Gasteiger partial charge in [-0.2, -0.15) is 0 Å². The molecule has 0 radical (unpaired) electrons. The topological polar surface area (TPSA) is 63.6 Å². The largest absolute Gasteiger partial charge is 0.479 e. The van der Waals surface area contributed by atoms with Gasteiger partial charge in [-0.25, -0.2) is 4.79 Å². The predicted molar refractivity (Wildman–Crippen MR) is 177 cm³/mol. The van der Waals surface area contributed by atoms with Crippen LogP contribution in [-0.2, 0) is 14.3 Å². The number of hydrogen-bond acceptors (Lipinski definition) is 3. The van der Waals surface area contributed by atoms with Crippen molar-refractivity contribution < 1.29 is 19.4 Å². The summed E-state index contributed by atoms with van der Waals surface area (Å²) in [5, 5.41) is 9.46. The van der Waals surface area contributed by atoms with Crippen LogP contribution in [0.5, 0.6) is 0 Å². The van der Waals surface area contributed by atoms with E-state index in [9.17, 15) is 14.7 Å². The average molecular weight is 581 g/mol. The Morgan fingerprint density at radius 3 is 1.00 bits per heavy atom. The molecule has 1 atom stereocenters. The Morgan fingerprint density at radius 2 is 0.707 bits per heavy atom. The van der Waals surface area contributed by atoms with E-state index in [2.05, 4.69) is 13.8 Å². The highest BCUT2D eigenvalue weighted by molar-refractivity contribution is 5.77. The monoisotopic (exact) mass is 581 g/mol. The zero-order valence-corrected chi connectivity index (χ0v) is 27.9. The lowest BCUT2D eigenvalue weighted by Crippen LogP contribution is -2.27. The number of carbonyl (C=O) groups is 2. The Balaban J connectivity index is 3.51. The molecule has 1 unspecified atom stereocenters. The molecule has 0 heterocycles. The Hall–Kier alpha value is -1.06. The number of esters is 1. The van der Waals surface area contributed by atoms with Gasteiger partial charge < -0.3 is 9.84 Å². The summed E-state index contributed by atoms with van der Waals surface area (Å²) in [5.74, 6) is -1.34. The molecule has 0 bridgehead atoms. The van der Waals surface area contributed by atoms with Crippen molar-refractivity contribution in [3.63, 3.8) is 0 Å². The molecule has 4 heteroatoms. The van der Waals surface area contributed by atoms with Gasteiger partial charge in [0.2, 0.25) is 0 Å². The van der Waals surface area contributed by atoms with Gasteiger partial charge in [0.25, 0.3) is 0 Å². The molecule has 0 amide bonds. The third kappa shape index (κ3) is 31.7. The van der Waals surface area contributed by atoms with Gasteiger partial charge in [-0.15, -0.1) is 0 Å². The summed E-state index contributed by atoms with van der Waals surface area (Å²) >= 11 is 0. The minimum atomic E-state index is -1.000. The normalized spacial score (nSPS) is 12.0. The maximum Gasteiger partial charge on any atom is 0.345 e. The van der Waals surface area contributed by atoms with Crippen molar-refractivity contribution in [3.05, 3.63) is 0 Å². The van der Waals surface area contributed by atoms with Crippen molar-refractivity contribution >= 4 is 11.9 Å².